The molecule has 1 atom stereocenters. The summed E-state index contributed by atoms with van der Waals surface area (Å²) in [5, 5.41) is 1.09. The number of nitrogens with two attached hydrogens (primary N) is 1. The van der Waals surface area contributed by atoms with E-state index in [4.69, 9.17) is 28.9 Å². The van der Waals surface area contributed by atoms with E-state index in [1.165, 1.54) is 0 Å². The highest BCUT2D eigenvalue weighted by Gasteiger charge is 2.10. The summed E-state index contributed by atoms with van der Waals surface area (Å²) < 4.78 is 12.2. The first-order chi connectivity index (χ1) is 8.56. The highest BCUT2D eigenvalue weighted by Crippen LogP contribution is 2.24. The first-order valence-corrected chi connectivity index (χ1v) is 7.31. The van der Waals surface area contributed by atoms with Crippen LogP contribution in [0.25, 0.3) is 0 Å². The minimum atomic E-state index is -1.24. The average molecular weight is 300 g/mol. The van der Waals surface area contributed by atoms with Gasteiger partial charge in [-0.05, 0) is 35.9 Å². The lowest BCUT2D eigenvalue weighted by atomic mass is 10.2. The predicted molar refractivity (Wildman–Crippen MR) is 77.4 cm³/mol. The van der Waals surface area contributed by atoms with Gasteiger partial charge in [0.15, 0.2) is 0 Å². The van der Waals surface area contributed by atoms with Crippen molar-refractivity contribution in [3.63, 3.8) is 0 Å². The molecule has 0 aromatic heterocycles. The summed E-state index contributed by atoms with van der Waals surface area (Å²) in [5.74, 6) is 0.365. The van der Waals surface area contributed by atoms with Crippen molar-refractivity contribution in [3.05, 3.63) is 58.1 Å². The average Bonchev–Trinajstić information content (AvgIpc) is 2.32. The topological polar surface area (TPSA) is 43.1 Å². The summed E-state index contributed by atoms with van der Waals surface area (Å²) in [6.07, 6.45) is 0. The lowest BCUT2D eigenvalue weighted by molar-refractivity contribution is 0.682. The Balaban J connectivity index is 2.24. The van der Waals surface area contributed by atoms with E-state index in [1.807, 2.05) is 12.1 Å². The monoisotopic (exact) mass is 299 g/mol. The Hall–Kier alpha value is -1.03. The van der Waals surface area contributed by atoms with Crippen LogP contribution in [0.1, 0.15) is 5.56 Å². The van der Waals surface area contributed by atoms with Crippen LogP contribution in [-0.2, 0) is 16.6 Å². The third-order valence-electron chi connectivity index (χ3n) is 2.39. The molecule has 2 N–H and O–H groups in total. The van der Waals surface area contributed by atoms with Crippen LogP contribution in [0, 0.1) is 0 Å². The first kappa shape index (κ1) is 13.4. The molecule has 0 aliphatic carbocycles. The smallest absolute Gasteiger partial charge is 0.0598 e. The van der Waals surface area contributed by atoms with E-state index < -0.39 is 10.8 Å². The molecule has 5 heteroatoms. The zero-order valence-corrected chi connectivity index (χ0v) is 11.7. The number of hydrogen-bond donors (Lipinski definition) is 1. The maximum atomic E-state index is 12.2. The van der Waals surface area contributed by atoms with Gasteiger partial charge in [-0.15, -0.1) is 0 Å². The molecule has 0 saturated carbocycles. The molecule has 2 nitrogen and oxygen atoms in total. The fourth-order valence-electron chi connectivity index (χ4n) is 1.55. The number of hydrogen-bond acceptors (Lipinski definition) is 2. The summed E-state index contributed by atoms with van der Waals surface area (Å²) in [6.45, 7) is 0. The van der Waals surface area contributed by atoms with E-state index in [0.717, 1.165) is 5.56 Å². The van der Waals surface area contributed by atoms with Gasteiger partial charge in [0, 0.05) is 10.7 Å². The number of benzene rings is 2. The van der Waals surface area contributed by atoms with E-state index in [9.17, 15) is 4.21 Å². The molecule has 0 fully saturated rings. The van der Waals surface area contributed by atoms with Crippen molar-refractivity contribution in [2.24, 2.45) is 0 Å². The van der Waals surface area contributed by atoms with Gasteiger partial charge in [-0.1, -0.05) is 35.3 Å². The summed E-state index contributed by atoms with van der Waals surface area (Å²) in [7, 11) is -1.24. The molecule has 94 valence electrons. The number of halogens is 2. The van der Waals surface area contributed by atoms with Crippen LogP contribution in [0.5, 0.6) is 0 Å². The molecule has 0 radical (unpaired) electrons. The normalized spacial score (nSPS) is 12.3. The second-order valence-corrected chi connectivity index (χ2v) is 6.07. The van der Waals surface area contributed by atoms with Crippen molar-refractivity contribution >= 4 is 39.7 Å². The zero-order chi connectivity index (χ0) is 13.1. The molecule has 0 spiro atoms. The van der Waals surface area contributed by atoms with Gasteiger partial charge in [0.05, 0.1) is 26.5 Å². The zero-order valence-electron chi connectivity index (χ0n) is 9.40. The van der Waals surface area contributed by atoms with Crippen molar-refractivity contribution in [2.75, 3.05) is 5.73 Å². The molecule has 1 unspecified atom stereocenters. The highest BCUT2D eigenvalue weighted by atomic mass is 35.5. The van der Waals surface area contributed by atoms with Crippen LogP contribution in [0.15, 0.2) is 47.4 Å². The van der Waals surface area contributed by atoms with Crippen molar-refractivity contribution < 1.29 is 4.21 Å². The molecule has 2 aromatic rings. The summed E-state index contributed by atoms with van der Waals surface area (Å²) in [4.78, 5) is 0.552. The van der Waals surface area contributed by atoms with Gasteiger partial charge in [0.1, 0.15) is 0 Å². The van der Waals surface area contributed by atoms with Crippen LogP contribution in [0.3, 0.4) is 0 Å². The summed E-state index contributed by atoms with van der Waals surface area (Å²) >= 11 is 11.9. The van der Waals surface area contributed by atoms with E-state index in [2.05, 4.69) is 0 Å². The van der Waals surface area contributed by atoms with Gasteiger partial charge in [0.2, 0.25) is 0 Å². The van der Waals surface area contributed by atoms with Crippen LogP contribution < -0.4 is 5.73 Å². The SMILES string of the molecule is Nc1ccc(Cl)c(S(=O)Cc2cccc(Cl)c2)c1. The Morgan fingerprint density at radius 1 is 1.11 bits per heavy atom. The van der Waals surface area contributed by atoms with Crippen LogP contribution in [-0.4, -0.2) is 4.21 Å². The highest BCUT2D eigenvalue weighted by molar-refractivity contribution is 7.84. The second kappa shape index (κ2) is 5.74. The Morgan fingerprint density at radius 2 is 1.89 bits per heavy atom. The molecule has 0 heterocycles. The van der Waals surface area contributed by atoms with E-state index >= 15 is 0 Å². The van der Waals surface area contributed by atoms with Gasteiger partial charge >= 0.3 is 0 Å². The molecule has 18 heavy (non-hydrogen) atoms. The molecule has 0 saturated heterocycles. The standard InChI is InChI=1S/C13H11Cl2NOS/c14-10-3-1-2-9(6-10)8-18(17)13-7-11(16)4-5-12(13)15/h1-7H,8,16H2. The van der Waals surface area contributed by atoms with Crippen molar-refractivity contribution in [3.8, 4) is 0 Å². The lowest BCUT2D eigenvalue weighted by Crippen LogP contribution is -1.98. The van der Waals surface area contributed by atoms with Crippen LogP contribution in [0.4, 0.5) is 5.69 Å². The molecule has 2 rings (SSSR count). The molecular formula is C13H11Cl2NOS. The van der Waals surface area contributed by atoms with Gasteiger partial charge in [0.25, 0.3) is 0 Å². The second-order valence-electron chi connectivity index (χ2n) is 3.81. The van der Waals surface area contributed by atoms with Crippen molar-refractivity contribution in [2.45, 2.75) is 10.6 Å². The minimum Gasteiger partial charge on any atom is -0.399 e. The fourth-order valence-corrected chi connectivity index (χ4v) is 3.33. The van der Waals surface area contributed by atoms with Gasteiger partial charge < -0.3 is 5.73 Å². The first-order valence-electron chi connectivity index (χ1n) is 5.24. The third-order valence-corrected chi connectivity index (χ3v) is 4.49. The molecule has 0 amide bonds. The Morgan fingerprint density at radius 3 is 2.61 bits per heavy atom. The molecule has 0 bridgehead atoms. The summed E-state index contributed by atoms with van der Waals surface area (Å²) in [6, 6.07) is 12.3. The molecule has 0 aliphatic rings. The maximum Gasteiger partial charge on any atom is 0.0598 e. The number of nitrogen functional groups attached to an aromatic ring is 1. The Labute approximate surface area is 118 Å². The Bertz CT molecular complexity index is 601. The molecule has 0 aliphatic heterocycles. The minimum absolute atomic E-state index is 0.365. The van der Waals surface area contributed by atoms with Crippen molar-refractivity contribution in [1.29, 1.82) is 0 Å². The number of rotatable bonds is 3. The molecular weight excluding hydrogens is 289 g/mol. The largest absolute Gasteiger partial charge is 0.399 e. The van der Waals surface area contributed by atoms with Gasteiger partial charge in [-0.25, -0.2) is 0 Å². The van der Waals surface area contributed by atoms with E-state index in [1.54, 1.807) is 30.3 Å². The molecule has 2 aromatic carbocycles. The van der Waals surface area contributed by atoms with E-state index in [-0.39, 0.29) is 0 Å². The van der Waals surface area contributed by atoms with E-state index in [0.29, 0.717) is 26.4 Å². The fraction of sp³-hybridized carbons (Fsp3) is 0.0769. The predicted octanol–water partition coefficient (Wildman–Crippen LogP) is 3.88. The third kappa shape index (κ3) is 3.25. The van der Waals surface area contributed by atoms with Crippen LogP contribution >= 0.6 is 23.2 Å². The number of anilines is 1. The van der Waals surface area contributed by atoms with Crippen molar-refractivity contribution in [1.82, 2.24) is 0 Å². The van der Waals surface area contributed by atoms with Gasteiger partial charge in [-0.3, -0.25) is 4.21 Å². The maximum absolute atomic E-state index is 12.2. The van der Waals surface area contributed by atoms with Gasteiger partial charge in [-0.2, -0.15) is 0 Å². The summed E-state index contributed by atoms with van der Waals surface area (Å²) in [5.41, 5.74) is 7.12. The Kier molecular flexibility index (Phi) is 4.27. The quantitative estimate of drug-likeness (QED) is 0.874. The van der Waals surface area contributed by atoms with Crippen LogP contribution in [0.2, 0.25) is 10.0 Å². The lowest BCUT2D eigenvalue weighted by Gasteiger charge is -2.06.